The third-order valence-corrected chi connectivity index (χ3v) is 3.49. The highest BCUT2D eigenvalue weighted by Gasteiger charge is 2.41. The lowest BCUT2D eigenvalue weighted by Crippen LogP contribution is -2.37. The molecular weight excluding hydrogens is 274 g/mol. The van der Waals surface area contributed by atoms with Gasteiger partial charge in [0, 0.05) is 23.9 Å². The largest absolute Gasteiger partial charge is 0.465 e. The fourth-order valence-corrected chi connectivity index (χ4v) is 2.61. The van der Waals surface area contributed by atoms with Gasteiger partial charge in [0.2, 0.25) is 0 Å². The van der Waals surface area contributed by atoms with Crippen molar-refractivity contribution in [3.8, 4) is 0 Å². The molecule has 2 aliphatic rings. The van der Waals surface area contributed by atoms with E-state index >= 15 is 0 Å². The van der Waals surface area contributed by atoms with Crippen LogP contribution in [0, 0.1) is 5.92 Å². The van der Waals surface area contributed by atoms with Crippen LogP contribution in [0.15, 0.2) is 23.0 Å². The molecule has 0 aromatic rings. The van der Waals surface area contributed by atoms with E-state index in [1.54, 1.807) is 13.8 Å². The predicted octanol–water partition coefficient (Wildman–Crippen LogP) is 1.22. The van der Waals surface area contributed by atoms with Crippen LogP contribution in [0.1, 0.15) is 33.1 Å². The Hall–Kier alpha value is -2.11. The molecule has 114 valence electrons. The average molecular weight is 293 g/mol. The summed E-state index contributed by atoms with van der Waals surface area (Å²) in [6, 6.07) is 0. The molecule has 0 saturated heterocycles. The number of ketones is 1. The number of esters is 2. The first-order valence-corrected chi connectivity index (χ1v) is 7.16. The smallest absolute Gasteiger partial charge is 0.336 e. The molecule has 0 bridgehead atoms. The number of carbonyl (C=O) groups excluding carboxylic acids is 3. The van der Waals surface area contributed by atoms with Crippen LogP contribution in [-0.2, 0) is 23.9 Å². The Kier molecular flexibility index (Phi) is 4.77. The van der Waals surface area contributed by atoms with Crippen molar-refractivity contribution in [3.63, 3.8) is 0 Å². The van der Waals surface area contributed by atoms with Crippen LogP contribution in [0.3, 0.4) is 0 Å². The lowest BCUT2D eigenvalue weighted by molar-refractivity contribution is -0.149. The maximum atomic E-state index is 12.2. The van der Waals surface area contributed by atoms with Crippen LogP contribution in [0.25, 0.3) is 0 Å². The summed E-state index contributed by atoms with van der Waals surface area (Å²) in [5.74, 6) is -2.28. The minimum atomic E-state index is -0.979. The maximum Gasteiger partial charge on any atom is 0.336 e. The van der Waals surface area contributed by atoms with Crippen LogP contribution in [0.2, 0.25) is 0 Å². The summed E-state index contributed by atoms with van der Waals surface area (Å²) in [4.78, 5) is 36.4. The van der Waals surface area contributed by atoms with E-state index in [0.717, 1.165) is 6.42 Å². The fourth-order valence-electron chi connectivity index (χ4n) is 2.61. The monoisotopic (exact) mass is 293 g/mol. The Labute approximate surface area is 123 Å². The van der Waals surface area contributed by atoms with Crippen LogP contribution >= 0.6 is 0 Å². The number of dihydropyridines is 1. The molecular formula is C15H19NO5. The number of rotatable bonds is 4. The van der Waals surface area contributed by atoms with Gasteiger partial charge in [-0.15, -0.1) is 0 Å². The number of nitrogens with one attached hydrogen (secondary N) is 1. The third-order valence-electron chi connectivity index (χ3n) is 3.49. The van der Waals surface area contributed by atoms with Gasteiger partial charge in [0.05, 0.1) is 18.8 Å². The van der Waals surface area contributed by atoms with Crippen LogP contribution < -0.4 is 5.32 Å². The summed E-state index contributed by atoms with van der Waals surface area (Å²) in [5.41, 5.74) is 1.19. The number of hydrogen-bond acceptors (Lipinski definition) is 6. The molecule has 1 atom stereocenters. The highest BCUT2D eigenvalue weighted by molar-refractivity contribution is 6.08. The molecule has 0 amide bonds. The normalized spacial score (nSPS) is 21.1. The molecule has 1 aliphatic carbocycles. The molecule has 0 radical (unpaired) electrons. The highest BCUT2D eigenvalue weighted by atomic mass is 16.5. The van der Waals surface area contributed by atoms with Gasteiger partial charge in [0.25, 0.3) is 0 Å². The van der Waals surface area contributed by atoms with Gasteiger partial charge in [0.15, 0.2) is 5.78 Å². The lowest BCUT2D eigenvalue weighted by Gasteiger charge is -2.29. The van der Waals surface area contributed by atoms with E-state index in [1.807, 2.05) is 0 Å². The molecule has 0 fully saturated rings. The topological polar surface area (TPSA) is 81.7 Å². The first-order valence-electron chi connectivity index (χ1n) is 7.16. The van der Waals surface area contributed by atoms with E-state index in [9.17, 15) is 14.4 Å². The number of ether oxygens (including phenoxy) is 2. The third kappa shape index (κ3) is 2.99. The average Bonchev–Trinajstić information content (AvgIpc) is 2.47. The standard InChI is InChI=1S/C15H19NO5/c1-3-20-14(18)9-8-16-10-6-5-7-11(17)13(10)12(9)15(19)21-4-2/h8,12,16H,3-7H2,1-2H3. The SMILES string of the molecule is CCOC(=O)C1=CNC2=C(C(=O)CCC2)C1C(=O)OCC. The number of carbonyl (C=O) groups is 3. The van der Waals surface area contributed by atoms with Gasteiger partial charge in [-0.3, -0.25) is 9.59 Å². The Balaban J connectivity index is 2.39. The fraction of sp³-hybridized carbons (Fsp3) is 0.533. The van der Waals surface area contributed by atoms with Crippen molar-refractivity contribution < 1.29 is 23.9 Å². The van der Waals surface area contributed by atoms with Gasteiger partial charge in [-0.05, 0) is 26.7 Å². The van der Waals surface area contributed by atoms with Gasteiger partial charge in [-0.1, -0.05) is 0 Å². The Morgan fingerprint density at radius 3 is 2.62 bits per heavy atom. The zero-order valence-corrected chi connectivity index (χ0v) is 12.2. The summed E-state index contributed by atoms with van der Waals surface area (Å²) in [7, 11) is 0. The van der Waals surface area contributed by atoms with Crippen molar-refractivity contribution in [3.05, 3.63) is 23.0 Å². The zero-order chi connectivity index (χ0) is 15.4. The van der Waals surface area contributed by atoms with Crippen molar-refractivity contribution >= 4 is 17.7 Å². The highest BCUT2D eigenvalue weighted by Crippen LogP contribution is 2.34. The summed E-state index contributed by atoms with van der Waals surface area (Å²) >= 11 is 0. The van der Waals surface area contributed by atoms with E-state index in [1.165, 1.54) is 6.20 Å². The van der Waals surface area contributed by atoms with Crippen molar-refractivity contribution in [1.29, 1.82) is 0 Å². The van der Waals surface area contributed by atoms with Gasteiger partial charge in [-0.2, -0.15) is 0 Å². The summed E-state index contributed by atoms with van der Waals surface area (Å²) < 4.78 is 10.0. The minimum absolute atomic E-state index is 0.114. The van der Waals surface area contributed by atoms with E-state index in [2.05, 4.69) is 5.32 Å². The van der Waals surface area contributed by atoms with E-state index in [4.69, 9.17) is 9.47 Å². The number of allylic oxidation sites excluding steroid dienone is 1. The lowest BCUT2D eigenvalue weighted by atomic mass is 9.80. The van der Waals surface area contributed by atoms with Crippen molar-refractivity contribution in [2.75, 3.05) is 13.2 Å². The van der Waals surface area contributed by atoms with Crippen LogP contribution in [-0.4, -0.2) is 30.9 Å². The molecule has 2 rings (SSSR count). The Morgan fingerprint density at radius 2 is 1.95 bits per heavy atom. The van der Waals surface area contributed by atoms with Crippen LogP contribution in [0.5, 0.6) is 0 Å². The van der Waals surface area contributed by atoms with Crippen LogP contribution in [0.4, 0.5) is 0 Å². The molecule has 0 aromatic carbocycles. The molecule has 6 heteroatoms. The number of hydrogen-bond donors (Lipinski definition) is 1. The summed E-state index contributed by atoms with van der Waals surface area (Å²) in [6.07, 6.45) is 3.26. The molecule has 0 aromatic heterocycles. The van der Waals surface area contributed by atoms with Gasteiger partial charge >= 0.3 is 11.9 Å². The van der Waals surface area contributed by atoms with Gasteiger partial charge in [0.1, 0.15) is 5.92 Å². The minimum Gasteiger partial charge on any atom is -0.465 e. The zero-order valence-electron chi connectivity index (χ0n) is 12.2. The molecule has 1 unspecified atom stereocenters. The molecule has 0 spiro atoms. The first kappa shape index (κ1) is 15.3. The Bertz CT molecular complexity index is 532. The molecule has 1 N–H and O–H groups in total. The van der Waals surface area contributed by atoms with Crippen molar-refractivity contribution in [2.24, 2.45) is 5.92 Å². The maximum absolute atomic E-state index is 12.2. The summed E-state index contributed by atoms with van der Waals surface area (Å²) in [5, 5.41) is 2.96. The number of Topliss-reactive ketones (excluding diaryl/α,β-unsaturated/α-hetero) is 1. The molecule has 21 heavy (non-hydrogen) atoms. The second-order valence-corrected chi connectivity index (χ2v) is 4.82. The molecule has 6 nitrogen and oxygen atoms in total. The van der Waals surface area contributed by atoms with Crippen molar-refractivity contribution in [2.45, 2.75) is 33.1 Å². The quantitative estimate of drug-likeness (QED) is 0.785. The van der Waals surface area contributed by atoms with E-state index in [0.29, 0.717) is 24.1 Å². The van der Waals surface area contributed by atoms with Crippen molar-refractivity contribution in [1.82, 2.24) is 5.32 Å². The first-order chi connectivity index (χ1) is 10.1. The van der Waals surface area contributed by atoms with Gasteiger partial charge < -0.3 is 14.8 Å². The van der Waals surface area contributed by atoms with E-state index < -0.39 is 17.9 Å². The van der Waals surface area contributed by atoms with Gasteiger partial charge in [-0.25, -0.2) is 4.79 Å². The summed E-state index contributed by atoms with van der Waals surface area (Å²) in [6.45, 7) is 3.76. The predicted molar refractivity (Wildman–Crippen MR) is 73.9 cm³/mol. The molecule has 1 heterocycles. The molecule has 0 saturated carbocycles. The molecule has 1 aliphatic heterocycles. The second-order valence-electron chi connectivity index (χ2n) is 4.82. The Morgan fingerprint density at radius 1 is 1.24 bits per heavy atom. The second kappa shape index (κ2) is 6.56. The van der Waals surface area contributed by atoms with E-state index in [-0.39, 0.29) is 24.6 Å².